The summed E-state index contributed by atoms with van der Waals surface area (Å²) in [6, 6.07) is 0. The van der Waals surface area contributed by atoms with Crippen LogP contribution in [0.3, 0.4) is 0 Å². The summed E-state index contributed by atoms with van der Waals surface area (Å²) in [7, 11) is 0. The van der Waals surface area contributed by atoms with E-state index in [-0.39, 0.29) is 13.0 Å². The quantitative estimate of drug-likeness (QED) is 0.852. The number of hydrogen-bond donors (Lipinski definition) is 1. The minimum absolute atomic E-state index is 0.0332. The van der Waals surface area contributed by atoms with Crippen LogP contribution in [-0.4, -0.2) is 26.3 Å². The van der Waals surface area contributed by atoms with Gasteiger partial charge in [-0.1, -0.05) is 12.1 Å². The maximum atomic E-state index is 11.9. The van der Waals surface area contributed by atoms with E-state index in [4.69, 9.17) is 0 Å². The summed E-state index contributed by atoms with van der Waals surface area (Å²) >= 11 is 0. The zero-order valence-electron chi connectivity index (χ0n) is 8.91. The van der Waals surface area contributed by atoms with Gasteiger partial charge in [-0.05, 0) is 12.8 Å². The molecule has 1 heterocycles. The van der Waals surface area contributed by atoms with Crippen LogP contribution in [-0.2, 0) is 6.54 Å². The third kappa shape index (κ3) is 4.18. The number of alkyl halides is 3. The van der Waals surface area contributed by atoms with Crippen LogP contribution in [0, 0.1) is 0 Å². The average molecular weight is 237 g/mol. The average Bonchev–Trinajstić information content (AvgIpc) is 2.63. The van der Waals surface area contributed by atoms with E-state index >= 15 is 0 Å². The van der Waals surface area contributed by atoms with E-state index in [0.29, 0.717) is 12.1 Å². The Bertz CT molecular complexity index is 324. The summed E-state index contributed by atoms with van der Waals surface area (Å²) in [5.41, 5.74) is 0.398. The fraction of sp³-hybridized carbons (Fsp3) is 0.778. The van der Waals surface area contributed by atoms with Gasteiger partial charge in [-0.15, -0.1) is 5.10 Å². The van der Waals surface area contributed by atoms with Crippen molar-refractivity contribution in [1.82, 2.24) is 15.0 Å². The number of aromatic nitrogens is 3. The number of halogens is 3. The lowest BCUT2D eigenvalue weighted by atomic mass is 10.2. The van der Waals surface area contributed by atoms with Crippen LogP contribution in [0.2, 0.25) is 0 Å². The Balaban J connectivity index is 2.41. The minimum Gasteiger partial charge on any atom is -0.387 e. The van der Waals surface area contributed by atoms with Crippen molar-refractivity contribution in [3.63, 3.8) is 0 Å². The Hall–Kier alpha value is -1.11. The molecule has 1 aromatic rings. The number of aryl methyl sites for hydroxylation is 1. The predicted molar refractivity (Wildman–Crippen MR) is 50.6 cm³/mol. The molecule has 16 heavy (non-hydrogen) atoms. The summed E-state index contributed by atoms with van der Waals surface area (Å²) in [5, 5.41) is 16.7. The molecule has 0 radical (unpaired) electrons. The third-order valence-electron chi connectivity index (χ3n) is 2.13. The van der Waals surface area contributed by atoms with Crippen LogP contribution in [0.5, 0.6) is 0 Å². The van der Waals surface area contributed by atoms with Crippen molar-refractivity contribution in [2.75, 3.05) is 0 Å². The highest BCUT2D eigenvalue weighted by atomic mass is 19.4. The van der Waals surface area contributed by atoms with Crippen molar-refractivity contribution in [2.45, 2.75) is 45.0 Å². The van der Waals surface area contributed by atoms with E-state index in [9.17, 15) is 18.3 Å². The fourth-order valence-electron chi connectivity index (χ4n) is 1.23. The molecular formula is C9H14F3N3O. The van der Waals surface area contributed by atoms with Crippen LogP contribution in [0.1, 0.15) is 38.0 Å². The van der Waals surface area contributed by atoms with Crippen molar-refractivity contribution < 1.29 is 18.3 Å². The molecule has 1 unspecified atom stereocenters. The Morgan fingerprint density at radius 2 is 2.19 bits per heavy atom. The molecule has 0 bridgehead atoms. The van der Waals surface area contributed by atoms with Gasteiger partial charge in [0, 0.05) is 13.0 Å². The first-order valence-corrected chi connectivity index (χ1v) is 5.07. The van der Waals surface area contributed by atoms with Gasteiger partial charge < -0.3 is 5.11 Å². The lowest BCUT2D eigenvalue weighted by Gasteiger charge is -2.05. The molecule has 4 nitrogen and oxygen atoms in total. The molecule has 0 aliphatic rings. The topological polar surface area (TPSA) is 50.9 Å². The fourth-order valence-corrected chi connectivity index (χ4v) is 1.23. The zero-order valence-corrected chi connectivity index (χ0v) is 8.91. The Morgan fingerprint density at radius 1 is 1.50 bits per heavy atom. The van der Waals surface area contributed by atoms with E-state index in [2.05, 4.69) is 10.3 Å². The van der Waals surface area contributed by atoms with E-state index in [1.165, 1.54) is 10.9 Å². The molecule has 1 aromatic heterocycles. The van der Waals surface area contributed by atoms with Crippen LogP contribution in [0.4, 0.5) is 13.2 Å². The van der Waals surface area contributed by atoms with E-state index in [1.807, 2.05) is 0 Å². The first-order chi connectivity index (χ1) is 7.42. The highest BCUT2D eigenvalue weighted by Gasteiger charge is 2.26. The van der Waals surface area contributed by atoms with Crippen molar-refractivity contribution in [3.05, 3.63) is 11.9 Å². The van der Waals surface area contributed by atoms with E-state index in [1.54, 1.807) is 6.92 Å². The molecule has 0 aliphatic heterocycles. The van der Waals surface area contributed by atoms with E-state index < -0.39 is 18.7 Å². The third-order valence-corrected chi connectivity index (χ3v) is 2.13. The monoisotopic (exact) mass is 237 g/mol. The van der Waals surface area contributed by atoms with E-state index in [0.717, 1.165) is 0 Å². The second-order valence-electron chi connectivity index (χ2n) is 3.55. The lowest BCUT2D eigenvalue weighted by Crippen LogP contribution is -2.09. The van der Waals surface area contributed by atoms with Gasteiger partial charge in [-0.25, -0.2) is 0 Å². The Kier molecular flexibility index (Phi) is 4.28. The Labute approximate surface area is 91.1 Å². The SMILES string of the molecule is CCC(O)c1cn(CCCC(F)(F)F)nn1. The number of aliphatic hydroxyl groups excluding tert-OH is 1. The van der Waals surface area contributed by atoms with Crippen LogP contribution in [0.25, 0.3) is 0 Å². The standard InChI is InChI=1S/C9H14F3N3O/c1-2-8(16)7-6-15(14-13-7)5-3-4-9(10,11)12/h6,8,16H,2-5H2,1H3. The van der Waals surface area contributed by atoms with Gasteiger partial charge in [0.15, 0.2) is 0 Å². The number of rotatable bonds is 5. The molecule has 92 valence electrons. The first kappa shape index (κ1) is 13.0. The summed E-state index contributed by atoms with van der Waals surface area (Å²) < 4.78 is 36.9. The molecule has 0 amide bonds. The maximum absolute atomic E-state index is 11.9. The smallest absolute Gasteiger partial charge is 0.387 e. The molecule has 0 aromatic carbocycles. The second kappa shape index (κ2) is 5.29. The molecule has 0 aliphatic carbocycles. The lowest BCUT2D eigenvalue weighted by molar-refractivity contribution is -0.136. The molecular weight excluding hydrogens is 223 g/mol. The molecule has 1 N–H and O–H groups in total. The molecule has 0 spiro atoms. The van der Waals surface area contributed by atoms with Crippen LogP contribution >= 0.6 is 0 Å². The minimum atomic E-state index is -4.13. The zero-order chi connectivity index (χ0) is 12.2. The molecule has 1 atom stereocenters. The summed E-state index contributed by atoms with van der Waals surface area (Å²) in [4.78, 5) is 0. The number of hydrogen-bond acceptors (Lipinski definition) is 3. The summed E-state index contributed by atoms with van der Waals surface area (Å²) in [6.07, 6.45) is -3.72. The maximum Gasteiger partial charge on any atom is 0.389 e. The molecule has 1 rings (SSSR count). The number of nitrogens with zero attached hydrogens (tertiary/aromatic N) is 3. The van der Waals surface area contributed by atoms with Gasteiger partial charge in [0.1, 0.15) is 5.69 Å². The van der Waals surface area contributed by atoms with Gasteiger partial charge in [0.25, 0.3) is 0 Å². The van der Waals surface area contributed by atoms with Crippen LogP contribution in [0.15, 0.2) is 6.20 Å². The highest BCUT2D eigenvalue weighted by molar-refractivity contribution is 4.96. The second-order valence-corrected chi connectivity index (χ2v) is 3.55. The van der Waals surface area contributed by atoms with Crippen molar-refractivity contribution in [1.29, 1.82) is 0 Å². The molecule has 7 heteroatoms. The Morgan fingerprint density at radius 3 is 2.75 bits per heavy atom. The molecule has 0 fully saturated rings. The van der Waals surface area contributed by atoms with Gasteiger partial charge in [0.2, 0.25) is 0 Å². The van der Waals surface area contributed by atoms with Crippen molar-refractivity contribution >= 4 is 0 Å². The number of aliphatic hydroxyl groups is 1. The van der Waals surface area contributed by atoms with Crippen molar-refractivity contribution in [3.8, 4) is 0 Å². The van der Waals surface area contributed by atoms with Gasteiger partial charge in [-0.3, -0.25) is 4.68 Å². The van der Waals surface area contributed by atoms with Gasteiger partial charge in [0.05, 0.1) is 12.3 Å². The van der Waals surface area contributed by atoms with Crippen molar-refractivity contribution in [2.24, 2.45) is 0 Å². The molecule has 0 saturated carbocycles. The van der Waals surface area contributed by atoms with Crippen LogP contribution < -0.4 is 0 Å². The predicted octanol–water partition coefficient (Wildman–Crippen LogP) is 2.06. The first-order valence-electron chi connectivity index (χ1n) is 5.07. The summed E-state index contributed by atoms with van der Waals surface area (Å²) in [6.45, 7) is 1.94. The normalized spacial score (nSPS) is 14.1. The van der Waals surface area contributed by atoms with Gasteiger partial charge in [-0.2, -0.15) is 13.2 Å². The summed E-state index contributed by atoms with van der Waals surface area (Å²) in [5.74, 6) is 0. The highest BCUT2D eigenvalue weighted by Crippen LogP contribution is 2.21. The molecule has 0 saturated heterocycles. The largest absolute Gasteiger partial charge is 0.389 e. The van der Waals surface area contributed by atoms with Gasteiger partial charge >= 0.3 is 6.18 Å².